The second-order valence-electron chi connectivity index (χ2n) is 4.73. The highest BCUT2D eigenvalue weighted by Crippen LogP contribution is 2.37. The Hall–Kier alpha value is -0.870. The third-order valence-electron chi connectivity index (χ3n) is 3.23. The number of nitrogens with zero attached hydrogens (tertiary/aromatic N) is 1. The first-order valence-corrected chi connectivity index (χ1v) is 8.16. The Kier molecular flexibility index (Phi) is 5.03. The van der Waals surface area contributed by atoms with Crippen molar-refractivity contribution in [2.75, 3.05) is 26.2 Å². The van der Waals surface area contributed by atoms with E-state index in [0.717, 1.165) is 16.4 Å². The second kappa shape index (κ2) is 6.32. The molecule has 2 rings (SSSR count). The fourth-order valence-electron chi connectivity index (χ4n) is 2.14. The van der Waals surface area contributed by atoms with E-state index in [0.29, 0.717) is 6.07 Å². The van der Waals surface area contributed by atoms with Gasteiger partial charge in [-0.3, -0.25) is 0 Å². The lowest BCUT2D eigenvalue weighted by atomic mass is 10.2. The van der Waals surface area contributed by atoms with Crippen LogP contribution in [0.3, 0.4) is 0 Å². The fourth-order valence-corrected chi connectivity index (χ4v) is 3.96. The number of sulfonamides is 1. The molecule has 0 aliphatic carbocycles. The van der Waals surface area contributed by atoms with Crippen LogP contribution >= 0.6 is 11.6 Å². The number of morpholine rings is 1. The van der Waals surface area contributed by atoms with Crippen LogP contribution in [0.2, 0.25) is 5.02 Å². The summed E-state index contributed by atoms with van der Waals surface area (Å²) in [6.07, 6.45) is -5.36. The zero-order valence-electron chi connectivity index (χ0n) is 11.3. The average molecular weight is 359 g/mol. The Morgan fingerprint density at radius 1 is 1.41 bits per heavy atom. The van der Waals surface area contributed by atoms with Crippen LogP contribution in [0, 0.1) is 0 Å². The van der Waals surface area contributed by atoms with Crippen LogP contribution in [-0.2, 0) is 20.9 Å². The van der Waals surface area contributed by atoms with E-state index in [-0.39, 0.29) is 31.3 Å². The van der Waals surface area contributed by atoms with Crippen molar-refractivity contribution < 1.29 is 26.3 Å². The molecule has 1 aromatic rings. The lowest BCUT2D eigenvalue weighted by Gasteiger charge is -2.32. The number of alkyl halides is 3. The van der Waals surface area contributed by atoms with E-state index in [2.05, 4.69) is 0 Å². The molecular weight excluding hydrogens is 345 g/mol. The molecule has 1 saturated heterocycles. The van der Waals surface area contributed by atoms with E-state index >= 15 is 0 Å². The Labute approximate surface area is 130 Å². The minimum absolute atomic E-state index is 0.0290. The first-order chi connectivity index (χ1) is 10.2. The van der Waals surface area contributed by atoms with Gasteiger partial charge in [0.15, 0.2) is 0 Å². The van der Waals surface area contributed by atoms with Gasteiger partial charge in [-0.1, -0.05) is 11.6 Å². The SMILES string of the molecule is NCC1CN(S(=O)(=O)c2ccc(Cl)cc2C(F)(F)F)CCO1. The molecule has 0 amide bonds. The average Bonchev–Trinajstić information content (AvgIpc) is 2.46. The molecule has 1 aliphatic rings. The van der Waals surface area contributed by atoms with Crippen molar-refractivity contribution in [1.29, 1.82) is 0 Å². The molecule has 1 atom stereocenters. The lowest BCUT2D eigenvalue weighted by molar-refractivity contribution is -0.139. The zero-order chi connectivity index (χ0) is 16.5. The summed E-state index contributed by atoms with van der Waals surface area (Å²) in [5, 5.41) is -0.187. The van der Waals surface area contributed by atoms with Crippen molar-refractivity contribution in [2.45, 2.75) is 17.2 Å². The molecule has 22 heavy (non-hydrogen) atoms. The summed E-state index contributed by atoms with van der Waals surface area (Å²) in [6.45, 7) is 0.0479. The number of hydrogen-bond acceptors (Lipinski definition) is 4. The van der Waals surface area contributed by atoms with Gasteiger partial charge in [0.1, 0.15) is 0 Å². The maximum Gasteiger partial charge on any atom is 0.417 e. The van der Waals surface area contributed by atoms with Gasteiger partial charge in [-0.15, -0.1) is 0 Å². The Morgan fingerprint density at radius 2 is 2.09 bits per heavy atom. The number of hydrogen-bond donors (Lipinski definition) is 1. The van der Waals surface area contributed by atoms with Gasteiger partial charge >= 0.3 is 6.18 Å². The molecule has 0 radical (unpaired) electrons. The molecule has 124 valence electrons. The molecule has 0 saturated carbocycles. The van der Waals surface area contributed by atoms with Crippen LogP contribution in [-0.4, -0.2) is 45.1 Å². The summed E-state index contributed by atoms with van der Waals surface area (Å²) < 4.78 is 70.5. The molecule has 0 aromatic heterocycles. The Bertz CT molecular complexity index is 652. The molecule has 5 nitrogen and oxygen atoms in total. The zero-order valence-corrected chi connectivity index (χ0v) is 12.9. The molecule has 1 heterocycles. The molecule has 1 aromatic carbocycles. The van der Waals surface area contributed by atoms with Crippen LogP contribution in [0.5, 0.6) is 0 Å². The first kappa shape index (κ1) is 17.5. The van der Waals surface area contributed by atoms with Gasteiger partial charge < -0.3 is 10.5 Å². The quantitative estimate of drug-likeness (QED) is 0.892. The van der Waals surface area contributed by atoms with E-state index in [1.807, 2.05) is 0 Å². The molecule has 0 spiro atoms. The number of rotatable bonds is 3. The topological polar surface area (TPSA) is 72.6 Å². The molecule has 1 aliphatic heterocycles. The molecule has 0 bridgehead atoms. The van der Waals surface area contributed by atoms with E-state index in [9.17, 15) is 21.6 Å². The predicted octanol–water partition coefficient (Wildman–Crippen LogP) is 1.71. The molecule has 10 heteroatoms. The van der Waals surface area contributed by atoms with E-state index in [1.54, 1.807) is 0 Å². The highest BCUT2D eigenvalue weighted by molar-refractivity contribution is 7.89. The van der Waals surface area contributed by atoms with Crippen LogP contribution in [0.4, 0.5) is 13.2 Å². The molecule has 1 unspecified atom stereocenters. The fraction of sp³-hybridized carbons (Fsp3) is 0.500. The monoisotopic (exact) mass is 358 g/mol. The molecular formula is C12H14ClF3N2O3S. The van der Waals surface area contributed by atoms with Gasteiger partial charge in [0.25, 0.3) is 0 Å². The van der Waals surface area contributed by atoms with Crippen LogP contribution in [0.25, 0.3) is 0 Å². The van der Waals surface area contributed by atoms with Gasteiger partial charge in [-0.2, -0.15) is 17.5 Å². The molecule has 1 fully saturated rings. The highest BCUT2D eigenvalue weighted by atomic mass is 35.5. The second-order valence-corrected chi connectivity index (χ2v) is 7.07. The predicted molar refractivity (Wildman–Crippen MR) is 74.0 cm³/mol. The van der Waals surface area contributed by atoms with Crippen molar-refractivity contribution in [3.63, 3.8) is 0 Å². The minimum Gasteiger partial charge on any atom is -0.374 e. The van der Waals surface area contributed by atoms with Gasteiger partial charge in [0.05, 0.1) is 23.2 Å². The maximum absolute atomic E-state index is 13.1. The maximum atomic E-state index is 13.1. The smallest absolute Gasteiger partial charge is 0.374 e. The van der Waals surface area contributed by atoms with Crippen LogP contribution < -0.4 is 5.73 Å². The van der Waals surface area contributed by atoms with E-state index in [4.69, 9.17) is 22.1 Å². The summed E-state index contributed by atoms with van der Waals surface area (Å²) >= 11 is 5.56. The van der Waals surface area contributed by atoms with Crippen molar-refractivity contribution in [1.82, 2.24) is 4.31 Å². The minimum atomic E-state index is -4.83. The molecule has 2 N–H and O–H groups in total. The summed E-state index contributed by atoms with van der Waals surface area (Å²) in [7, 11) is -4.32. The van der Waals surface area contributed by atoms with Crippen LogP contribution in [0.15, 0.2) is 23.1 Å². The highest BCUT2D eigenvalue weighted by Gasteiger charge is 2.40. The summed E-state index contributed by atoms with van der Waals surface area (Å²) in [5.74, 6) is 0. The van der Waals surface area contributed by atoms with Gasteiger partial charge in [0, 0.05) is 24.7 Å². The van der Waals surface area contributed by atoms with Crippen molar-refractivity contribution in [3.05, 3.63) is 28.8 Å². The van der Waals surface area contributed by atoms with Gasteiger partial charge in [-0.05, 0) is 18.2 Å². The lowest BCUT2D eigenvalue weighted by Crippen LogP contribution is -2.48. The van der Waals surface area contributed by atoms with Crippen LogP contribution in [0.1, 0.15) is 5.56 Å². The summed E-state index contributed by atoms with van der Waals surface area (Å²) in [4.78, 5) is -0.818. The number of nitrogens with two attached hydrogens (primary N) is 1. The number of ether oxygens (including phenoxy) is 1. The van der Waals surface area contributed by atoms with E-state index in [1.165, 1.54) is 0 Å². The Morgan fingerprint density at radius 3 is 2.68 bits per heavy atom. The summed E-state index contributed by atoms with van der Waals surface area (Å²) in [6, 6.07) is 2.59. The summed E-state index contributed by atoms with van der Waals surface area (Å²) in [5.41, 5.74) is 4.14. The number of halogens is 4. The normalized spacial score (nSPS) is 21.0. The van der Waals surface area contributed by atoms with Crippen molar-refractivity contribution >= 4 is 21.6 Å². The van der Waals surface area contributed by atoms with Gasteiger partial charge in [-0.25, -0.2) is 8.42 Å². The first-order valence-electron chi connectivity index (χ1n) is 6.35. The van der Waals surface area contributed by atoms with Gasteiger partial charge in [0.2, 0.25) is 10.0 Å². The standard InChI is InChI=1S/C12H14ClF3N2O3S/c13-8-1-2-11(10(5-8)12(14,15)16)22(19,20)18-3-4-21-9(6-17)7-18/h1-2,5,9H,3-4,6-7,17H2. The van der Waals surface area contributed by atoms with Crippen molar-refractivity contribution in [2.24, 2.45) is 5.73 Å². The van der Waals surface area contributed by atoms with Crippen molar-refractivity contribution in [3.8, 4) is 0 Å². The Balaban J connectivity index is 2.46. The van der Waals surface area contributed by atoms with E-state index < -0.39 is 32.8 Å². The third-order valence-corrected chi connectivity index (χ3v) is 5.39. The third kappa shape index (κ3) is 3.54. The number of benzene rings is 1. The largest absolute Gasteiger partial charge is 0.417 e.